The summed E-state index contributed by atoms with van der Waals surface area (Å²) in [5.74, 6) is 0.586. The molecule has 0 aliphatic carbocycles. The second kappa shape index (κ2) is 5.19. The van der Waals surface area contributed by atoms with Gasteiger partial charge in [0.1, 0.15) is 0 Å². The van der Waals surface area contributed by atoms with E-state index in [9.17, 15) is 4.79 Å². The fraction of sp³-hybridized carbons (Fsp3) is 0.889. The van der Waals surface area contributed by atoms with Crippen LogP contribution in [0.3, 0.4) is 0 Å². The Labute approximate surface area is 79.3 Å². The Kier molecular flexibility index (Phi) is 4.18. The summed E-state index contributed by atoms with van der Waals surface area (Å²) in [4.78, 5) is 11.1. The highest BCUT2D eigenvalue weighted by Crippen LogP contribution is 2.09. The number of rotatable bonds is 3. The Morgan fingerprint density at radius 3 is 2.77 bits per heavy atom. The highest BCUT2D eigenvalue weighted by molar-refractivity contribution is 5.80. The Hall–Kier alpha value is -0.610. The lowest BCUT2D eigenvalue weighted by atomic mass is 9.98. The molecule has 0 bridgehead atoms. The molecule has 1 atom stereocenters. The fourth-order valence-electron chi connectivity index (χ4n) is 1.49. The number of nitrogens with two attached hydrogens (primary N) is 1. The summed E-state index contributed by atoms with van der Waals surface area (Å²) < 4.78 is 0. The third-order valence-electron chi connectivity index (χ3n) is 2.44. The topological polar surface area (TPSA) is 67.2 Å². The van der Waals surface area contributed by atoms with E-state index in [4.69, 9.17) is 5.73 Å². The van der Waals surface area contributed by atoms with Crippen LogP contribution in [-0.2, 0) is 4.79 Å². The number of piperidine rings is 1. The Balaban J connectivity index is 2.13. The van der Waals surface area contributed by atoms with Crippen LogP contribution in [0.1, 0.15) is 19.8 Å². The van der Waals surface area contributed by atoms with E-state index in [1.807, 2.05) is 0 Å². The molecule has 1 aliphatic rings. The van der Waals surface area contributed by atoms with Crippen molar-refractivity contribution in [3.05, 3.63) is 0 Å². The van der Waals surface area contributed by atoms with Crippen molar-refractivity contribution in [2.75, 3.05) is 19.6 Å². The fourth-order valence-corrected chi connectivity index (χ4v) is 1.49. The molecule has 4 N–H and O–H groups in total. The van der Waals surface area contributed by atoms with Gasteiger partial charge in [0.25, 0.3) is 0 Å². The van der Waals surface area contributed by atoms with E-state index in [0.717, 1.165) is 32.5 Å². The van der Waals surface area contributed by atoms with Gasteiger partial charge in [-0.1, -0.05) is 0 Å². The molecule has 0 aromatic heterocycles. The summed E-state index contributed by atoms with van der Waals surface area (Å²) in [6.07, 6.45) is 2.30. The van der Waals surface area contributed by atoms with Crippen LogP contribution in [-0.4, -0.2) is 31.6 Å². The molecule has 1 amide bonds. The molecule has 1 rings (SSSR count). The highest BCUT2D eigenvalue weighted by atomic mass is 16.2. The van der Waals surface area contributed by atoms with Crippen LogP contribution < -0.4 is 16.4 Å². The summed E-state index contributed by atoms with van der Waals surface area (Å²) in [5.41, 5.74) is 5.43. The summed E-state index contributed by atoms with van der Waals surface area (Å²) >= 11 is 0. The number of nitrogens with one attached hydrogen (secondary N) is 2. The molecular weight excluding hydrogens is 166 g/mol. The van der Waals surface area contributed by atoms with E-state index in [0.29, 0.717) is 5.92 Å². The standard InChI is InChI=1S/C9H19N3O/c1-7(10)9(13)12-6-8-2-4-11-5-3-8/h7-8,11H,2-6,10H2,1H3,(H,12,13)/t7-/m1/s1. The quantitative estimate of drug-likeness (QED) is 0.552. The van der Waals surface area contributed by atoms with Crippen LogP contribution in [0.2, 0.25) is 0 Å². The molecule has 0 spiro atoms. The van der Waals surface area contributed by atoms with Crippen LogP contribution in [0.25, 0.3) is 0 Å². The maximum absolute atomic E-state index is 11.1. The minimum absolute atomic E-state index is 0.0430. The molecule has 76 valence electrons. The third kappa shape index (κ3) is 3.74. The van der Waals surface area contributed by atoms with E-state index < -0.39 is 0 Å². The van der Waals surface area contributed by atoms with Gasteiger partial charge in [-0.2, -0.15) is 0 Å². The van der Waals surface area contributed by atoms with Crippen LogP contribution in [0.5, 0.6) is 0 Å². The molecule has 1 saturated heterocycles. The molecule has 4 nitrogen and oxygen atoms in total. The van der Waals surface area contributed by atoms with Crippen molar-refractivity contribution >= 4 is 5.91 Å². The van der Waals surface area contributed by atoms with Gasteiger partial charge >= 0.3 is 0 Å². The zero-order valence-corrected chi connectivity index (χ0v) is 8.18. The first-order chi connectivity index (χ1) is 6.20. The molecule has 1 aliphatic heterocycles. The lowest BCUT2D eigenvalue weighted by molar-refractivity contribution is -0.122. The SMILES string of the molecule is C[C@@H](N)C(=O)NCC1CCNCC1. The van der Waals surface area contributed by atoms with Crippen molar-refractivity contribution in [3.8, 4) is 0 Å². The monoisotopic (exact) mass is 185 g/mol. The molecule has 0 aromatic carbocycles. The molecule has 0 unspecified atom stereocenters. The summed E-state index contributed by atoms with van der Waals surface area (Å²) in [6.45, 7) is 4.62. The molecule has 1 fully saturated rings. The van der Waals surface area contributed by atoms with Gasteiger partial charge in [-0.15, -0.1) is 0 Å². The zero-order chi connectivity index (χ0) is 9.68. The van der Waals surface area contributed by atoms with Crippen molar-refractivity contribution in [2.24, 2.45) is 11.7 Å². The lowest BCUT2D eigenvalue weighted by Gasteiger charge is -2.23. The summed E-state index contributed by atoms with van der Waals surface area (Å²) in [7, 11) is 0. The smallest absolute Gasteiger partial charge is 0.236 e. The van der Waals surface area contributed by atoms with Crippen molar-refractivity contribution in [1.82, 2.24) is 10.6 Å². The second-order valence-electron chi connectivity index (χ2n) is 3.73. The molecule has 0 aromatic rings. The summed E-state index contributed by atoms with van der Waals surface area (Å²) in [6, 6.07) is -0.387. The number of carbonyl (C=O) groups is 1. The lowest BCUT2D eigenvalue weighted by Crippen LogP contribution is -2.42. The maximum atomic E-state index is 11.1. The molecule has 13 heavy (non-hydrogen) atoms. The van der Waals surface area contributed by atoms with Gasteiger partial charge < -0.3 is 16.4 Å². The van der Waals surface area contributed by atoms with Gasteiger partial charge in [0.15, 0.2) is 0 Å². The van der Waals surface area contributed by atoms with Crippen LogP contribution in [0, 0.1) is 5.92 Å². The molecule has 0 radical (unpaired) electrons. The predicted molar refractivity (Wildman–Crippen MR) is 52.3 cm³/mol. The van der Waals surface area contributed by atoms with Gasteiger partial charge in [-0.25, -0.2) is 0 Å². The first-order valence-electron chi connectivity index (χ1n) is 4.94. The van der Waals surface area contributed by atoms with E-state index in [1.54, 1.807) is 6.92 Å². The van der Waals surface area contributed by atoms with Gasteiger partial charge in [-0.3, -0.25) is 4.79 Å². The van der Waals surface area contributed by atoms with E-state index >= 15 is 0 Å². The van der Waals surface area contributed by atoms with Gasteiger partial charge in [-0.05, 0) is 38.8 Å². The normalized spacial score (nSPS) is 21.1. The van der Waals surface area contributed by atoms with Crippen molar-refractivity contribution < 1.29 is 4.79 Å². The first kappa shape index (κ1) is 10.5. The predicted octanol–water partition coefficient (Wildman–Crippen LogP) is -0.551. The maximum Gasteiger partial charge on any atom is 0.236 e. The molecule has 0 saturated carbocycles. The average molecular weight is 185 g/mol. The molecule has 1 heterocycles. The third-order valence-corrected chi connectivity index (χ3v) is 2.44. The van der Waals surface area contributed by atoms with Crippen LogP contribution in [0.15, 0.2) is 0 Å². The van der Waals surface area contributed by atoms with Crippen LogP contribution in [0.4, 0.5) is 0 Å². The highest BCUT2D eigenvalue weighted by Gasteiger charge is 2.14. The largest absolute Gasteiger partial charge is 0.354 e. The van der Waals surface area contributed by atoms with E-state index in [-0.39, 0.29) is 11.9 Å². The number of amides is 1. The van der Waals surface area contributed by atoms with Crippen molar-refractivity contribution in [1.29, 1.82) is 0 Å². The van der Waals surface area contributed by atoms with Crippen molar-refractivity contribution in [3.63, 3.8) is 0 Å². The minimum atomic E-state index is -0.387. The average Bonchev–Trinajstić information content (AvgIpc) is 2.15. The minimum Gasteiger partial charge on any atom is -0.354 e. The Morgan fingerprint density at radius 1 is 1.62 bits per heavy atom. The molecule has 4 heteroatoms. The van der Waals surface area contributed by atoms with Gasteiger partial charge in [0.2, 0.25) is 5.91 Å². The Bertz CT molecular complexity index is 164. The zero-order valence-electron chi connectivity index (χ0n) is 8.18. The van der Waals surface area contributed by atoms with E-state index in [1.165, 1.54) is 0 Å². The first-order valence-corrected chi connectivity index (χ1v) is 4.94. The second-order valence-corrected chi connectivity index (χ2v) is 3.73. The van der Waals surface area contributed by atoms with Crippen molar-refractivity contribution in [2.45, 2.75) is 25.8 Å². The summed E-state index contributed by atoms with van der Waals surface area (Å²) in [5, 5.41) is 6.15. The van der Waals surface area contributed by atoms with Gasteiger partial charge in [0, 0.05) is 6.54 Å². The van der Waals surface area contributed by atoms with Gasteiger partial charge in [0.05, 0.1) is 6.04 Å². The number of hydrogen-bond donors (Lipinski definition) is 3. The number of carbonyl (C=O) groups excluding carboxylic acids is 1. The molecular formula is C9H19N3O. The van der Waals surface area contributed by atoms with Crippen LogP contribution >= 0.6 is 0 Å². The number of hydrogen-bond acceptors (Lipinski definition) is 3. The van der Waals surface area contributed by atoms with E-state index in [2.05, 4.69) is 10.6 Å². The Morgan fingerprint density at radius 2 is 2.23 bits per heavy atom.